The van der Waals surface area contributed by atoms with Gasteiger partial charge in [-0.2, -0.15) is 5.10 Å². The van der Waals surface area contributed by atoms with E-state index < -0.39 is 12.1 Å². The number of para-hydroxylation sites is 1. The summed E-state index contributed by atoms with van der Waals surface area (Å²) in [6.45, 7) is 0. The lowest BCUT2D eigenvalue weighted by Crippen LogP contribution is -2.27. The number of methoxy groups -OCH3 is 1. The van der Waals surface area contributed by atoms with Crippen LogP contribution in [0.15, 0.2) is 47.1 Å². The number of rotatable bonds is 6. The number of allylic oxidation sites excluding steroid dienone is 2. The first-order valence-electron chi connectivity index (χ1n) is 9.65. The summed E-state index contributed by atoms with van der Waals surface area (Å²) < 4.78 is 4.66. The van der Waals surface area contributed by atoms with E-state index in [1.807, 2.05) is 18.2 Å². The predicted molar refractivity (Wildman–Crippen MR) is 107 cm³/mol. The summed E-state index contributed by atoms with van der Waals surface area (Å²) in [4.78, 5) is 23.1. The molecule has 0 heterocycles. The van der Waals surface area contributed by atoms with Crippen molar-refractivity contribution < 1.29 is 19.4 Å². The molecular weight excluding hydrogens is 358 g/mol. The van der Waals surface area contributed by atoms with Crippen molar-refractivity contribution in [2.24, 2.45) is 22.9 Å². The molecule has 2 aliphatic carbocycles. The van der Waals surface area contributed by atoms with Crippen LogP contribution in [0.1, 0.15) is 32.1 Å². The average molecular weight is 385 g/mol. The van der Waals surface area contributed by atoms with Crippen molar-refractivity contribution in [3.05, 3.63) is 42.0 Å². The minimum atomic E-state index is -0.436. The van der Waals surface area contributed by atoms with E-state index in [2.05, 4.69) is 26.7 Å². The van der Waals surface area contributed by atoms with Gasteiger partial charge in [-0.25, -0.2) is 10.2 Å². The lowest BCUT2D eigenvalue weighted by Gasteiger charge is -2.16. The van der Waals surface area contributed by atoms with Crippen LogP contribution in [0.2, 0.25) is 0 Å². The number of hydrogen-bond acceptors (Lipinski definition) is 5. The van der Waals surface area contributed by atoms with Crippen molar-refractivity contribution in [3.8, 4) is 0 Å². The van der Waals surface area contributed by atoms with E-state index in [1.54, 1.807) is 18.3 Å². The zero-order chi connectivity index (χ0) is 19.9. The summed E-state index contributed by atoms with van der Waals surface area (Å²) in [6, 6.07) is 8.72. The van der Waals surface area contributed by atoms with Crippen molar-refractivity contribution >= 4 is 23.9 Å². The van der Waals surface area contributed by atoms with E-state index in [4.69, 9.17) is 0 Å². The molecule has 7 nitrogen and oxygen atoms in total. The molecule has 1 aromatic carbocycles. The Morgan fingerprint density at radius 1 is 1.29 bits per heavy atom. The fraction of sp³-hybridized carbons (Fsp3) is 0.476. The minimum Gasteiger partial charge on any atom is -0.469 e. The van der Waals surface area contributed by atoms with Crippen molar-refractivity contribution in [2.75, 3.05) is 12.4 Å². The first kappa shape index (κ1) is 20.1. The SMILES string of the molecule is COC(=O)CCC=C1C[C@H]2C[C@@H](O)[C@H](/C=N/NC(=O)Nc3ccccc3)[C@H]2C1. The molecule has 1 aromatic rings. The number of urea groups is 1. The molecule has 3 rings (SSSR count). The third-order valence-electron chi connectivity index (χ3n) is 5.56. The van der Waals surface area contributed by atoms with E-state index >= 15 is 0 Å². The van der Waals surface area contributed by atoms with Gasteiger partial charge in [0.05, 0.1) is 13.2 Å². The van der Waals surface area contributed by atoms with Gasteiger partial charge in [0, 0.05) is 24.2 Å². The molecule has 0 bridgehead atoms. The van der Waals surface area contributed by atoms with E-state index in [0.717, 1.165) is 19.3 Å². The number of hydrogen-bond donors (Lipinski definition) is 3. The minimum absolute atomic E-state index is 0.0754. The maximum atomic E-state index is 11.9. The molecule has 0 radical (unpaired) electrons. The van der Waals surface area contributed by atoms with Crippen LogP contribution in [0, 0.1) is 17.8 Å². The van der Waals surface area contributed by atoms with E-state index in [0.29, 0.717) is 30.4 Å². The Balaban J connectivity index is 1.50. The normalized spacial score (nSPS) is 27.7. The number of benzene rings is 1. The Hall–Kier alpha value is -2.67. The van der Waals surface area contributed by atoms with Crippen molar-refractivity contribution in [1.29, 1.82) is 0 Å². The lowest BCUT2D eigenvalue weighted by atomic mass is 9.92. The molecule has 0 aliphatic heterocycles. The molecular formula is C21H27N3O4. The summed E-state index contributed by atoms with van der Waals surface area (Å²) >= 11 is 0. The van der Waals surface area contributed by atoms with Gasteiger partial charge in [-0.3, -0.25) is 4.79 Å². The van der Waals surface area contributed by atoms with Gasteiger partial charge >= 0.3 is 12.0 Å². The molecule has 0 spiro atoms. The van der Waals surface area contributed by atoms with Gasteiger partial charge in [-0.1, -0.05) is 29.8 Å². The number of amides is 2. The number of anilines is 1. The molecule has 0 saturated heterocycles. The molecule has 4 atom stereocenters. The smallest absolute Gasteiger partial charge is 0.339 e. The highest BCUT2D eigenvalue weighted by molar-refractivity contribution is 5.89. The second-order valence-electron chi connectivity index (χ2n) is 7.40. The number of fused-ring (bicyclic) bond motifs is 1. The van der Waals surface area contributed by atoms with Gasteiger partial charge in [0.15, 0.2) is 0 Å². The van der Waals surface area contributed by atoms with Gasteiger partial charge in [0.25, 0.3) is 0 Å². The number of aliphatic hydroxyl groups excluding tert-OH is 1. The Morgan fingerprint density at radius 3 is 2.82 bits per heavy atom. The highest BCUT2D eigenvalue weighted by Gasteiger charge is 2.45. The highest BCUT2D eigenvalue weighted by Crippen LogP contribution is 2.49. The summed E-state index contributed by atoms with van der Waals surface area (Å²) in [5, 5.41) is 17.1. The van der Waals surface area contributed by atoms with Crippen LogP contribution in [0.5, 0.6) is 0 Å². The molecule has 0 unspecified atom stereocenters. The molecule has 2 saturated carbocycles. The standard InChI is InChI=1S/C21H27N3O4/c1-28-20(26)9-5-6-14-10-15-12-19(25)18(17(15)11-14)13-22-24-21(27)23-16-7-3-2-4-8-16/h2-4,6-8,13,15,17-19,25H,5,9-12H2,1H3,(H2,23,24,27)/b14-6?,22-13+/t15-,17-,18+,19+/m0/s1. The predicted octanol–water partition coefficient (Wildman–Crippen LogP) is 3.08. The molecule has 2 fully saturated rings. The quantitative estimate of drug-likeness (QED) is 0.303. The first-order valence-corrected chi connectivity index (χ1v) is 9.65. The number of ether oxygens (including phenoxy) is 1. The van der Waals surface area contributed by atoms with E-state index in [1.165, 1.54) is 12.7 Å². The molecule has 2 amide bonds. The van der Waals surface area contributed by atoms with E-state index in [-0.39, 0.29) is 11.9 Å². The van der Waals surface area contributed by atoms with Gasteiger partial charge in [-0.05, 0) is 49.7 Å². The number of carbonyl (C=O) groups is 2. The second-order valence-corrected chi connectivity index (χ2v) is 7.40. The van der Waals surface area contributed by atoms with Gasteiger partial charge in [-0.15, -0.1) is 0 Å². The summed E-state index contributed by atoms with van der Waals surface area (Å²) in [7, 11) is 1.40. The van der Waals surface area contributed by atoms with Gasteiger partial charge in [0.1, 0.15) is 0 Å². The average Bonchev–Trinajstić information content (AvgIpc) is 3.19. The van der Waals surface area contributed by atoms with E-state index in [9.17, 15) is 14.7 Å². The Morgan fingerprint density at radius 2 is 2.07 bits per heavy atom. The first-order chi connectivity index (χ1) is 13.6. The largest absolute Gasteiger partial charge is 0.469 e. The number of carbonyl (C=O) groups excluding carboxylic acids is 2. The summed E-state index contributed by atoms with van der Waals surface area (Å²) in [5.74, 6) is 0.472. The molecule has 150 valence electrons. The number of hydrazone groups is 1. The summed E-state index contributed by atoms with van der Waals surface area (Å²) in [5.41, 5.74) is 4.49. The van der Waals surface area contributed by atoms with Crippen molar-refractivity contribution in [2.45, 2.75) is 38.2 Å². The molecule has 3 N–H and O–H groups in total. The van der Waals surface area contributed by atoms with Gasteiger partial charge < -0.3 is 15.2 Å². The highest BCUT2D eigenvalue weighted by atomic mass is 16.5. The van der Waals surface area contributed by atoms with Crippen LogP contribution in [0.25, 0.3) is 0 Å². The fourth-order valence-electron chi connectivity index (χ4n) is 4.24. The monoisotopic (exact) mass is 385 g/mol. The fourth-order valence-corrected chi connectivity index (χ4v) is 4.24. The van der Waals surface area contributed by atoms with Crippen LogP contribution in [0.4, 0.5) is 10.5 Å². The summed E-state index contributed by atoms with van der Waals surface area (Å²) in [6.07, 6.45) is 7.03. The van der Waals surface area contributed by atoms with Crippen molar-refractivity contribution in [1.82, 2.24) is 5.43 Å². The zero-order valence-electron chi connectivity index (χ0n) is 16.0. The van der Waals surface area contributed by atoms with Crippen LogP contribution in [0.3, 0.4) is 0 Å². The van der Waals surface area contributed by atoms with Crippen LogP contribution < -0.4 is 10.7 Å². The van der Waals surface area contributed by atoms with Gasteiger partial charge in [0.2, 0.25) is 0 Å². The maximum absolute atomic E-state index is 11.9. The lowest BCUT2D eigenvalue weighted by molar-refractivity contribution is -0.140. The number of aliphatic hydroxyl groups is 1. The molecule has 2 aliphatic rings. The van der Waals surface area contributed by atoms with Crippen LogP contribution >= 0.6 is 0 Å². The number of nitrogens with zero attached hydrogens (tertiary/aromatic N) is 1. The zero-order valence-corrected chi connectivity index (χ0v) is 16.0. The molecule has 7 heteroatoms. The Bertz CT molecular complexity index is 747. The number of nitrogens with one attached hydrogen (secondary N) is 2. The Labute approximate surface area is 164 Å². The maximum Gasteiger partial charge on any atom is 0.339 e. The van der Waals surface area contributed by atoms with Crippen LogP contribution in [-0.4, -0.2) is 36.5 Å². The second kappa shape index (κ2) is 9.50. The van der Waals surface area contributed by atoms with Crippen molar-refractivity contribution in [3.63, 3.8) is 0 Å². The molecule has 0 aromatic heterocycles. The molecule has 28 heavy (non-hydrogen) atoms. The Kier molecular flexibility index (Phi) is 6.81. The van der Waals surface area contributed by atoms with Crippen LogP contribution in [-0.2, 0) is 9.53 Å². The topological polar surface area (TPSA) is 100 Å². The number of esters is 1. The third kappa shape index (κ3) is 5.19. The third-order valence-corrected chi connectivity index (χ3v) is 5.56.